The van der Waals surface area contributed by atoms with Gasteiger partial charge in [0, 0.05) is 28.0 Å². The van der Waals surface area contributed by atoms with Crippen LogP contribution < -0.4 is 9.64 Å². The molecule has 0 bridgehead atoms. The molecule has 2 nitrogen and oxygen atoms in total. The summed E-state index contributed by atoms with van der Waals surface area (Å²) < 4.78 is 6.31. The molecule has 0 fully saturated rings. The van der Waals surface area contributed by atoms with E-state index < -0.39 is 0 Å². The van der Waals surface area contributed by atoms with Crippen molar-refractivity contribution in [2.24, 2.45) is 0 Å². The Balaban J connectivity index is 1.41. The highest BCUT2D eigenvalue weighted by molar-refractivity contribution is 6.10. The lowest BCUT2D eigenvalue weighted by molar-refractivity contribution is 0.487. The monoisotopic (exact) mass is 461 g/mol. The molecule has 6 aromatic carbocycles. The van der Waals surface area contributed by atoms with Crippen molar-refractivity contribution < 1.29 is 4.74 Å². The van der Waals surface area contributed by atoms with Gasteiger partial charge >= 0.3 is 0 Å². The molecule has 1 aliphatic heterocycles. The van der Waals surface area contributed by atoms with E-state index in [0.29, 0.717) is 0 Å². The van der Waals surface area contributed by atoms with Crippen molar-refractivity contribution >= 4 is 27.8 Å². The van der Waals surface area contributed by atoms with Gasteiger partial charge in [-0.3, -0.25) is 0 Å². The molecule has 36 heavy (non-hydrogen) atoms. The molecule has 0 N–H and O–H groups in total. The van der Waals surface area contributed by atoms with Crippen LogP contribution in [0.5, 0.6) is 11.5 Å². The summed E-state index contributed by atoms with van der Waals surface area (Å²) in [5, 5.41) is 2.37. The van der Waals surface area contributed by atoms with Crippen LogP contribution in [0.1, 0.15) is 0 Å². The average Bonchev–Trinajstić information content (AvgIpc) is 2.95. The number of fused-ring (bicyclic) bond motifs is 2. The quantitative estimate of drug-likeness (QED) is 0.259. The fourth-order valence-electron chi connectivity index (χ4n) is 5.25. The average molecular weight is 462 g/mol. The van der Waals surface area contributed by atoms with Crippen LogP contribution in [0.2, 0.25) is 0 Å². The van der Waals surface area contributed by atoms with E-state index in [4.69, 9.17) is 4.74 Å². The molecule has 1 aliphatic rings. The van der Waals surface area contributed by atoms with Gasteiger partial charge in [-0.05, 0) is 70.6 Å². The van der Waals surface area contributed by atoms with Crippen molar-refractivity contribution in [3.63, 3.8) is 0 Å². The van der Waals surface area contributed by atoms with Crippen molar-refractivity contribution in [2.45, 2.75) is 0 Å². The summed E-state index contributed by atoms with van der Waals surface area (Å²) in [6, 6.07) is 48.9. The number of anilines is 3. The van der Waals surface area contributed by atoms with Gasteiger partial charge < -0.3 is 9.64 Å². The number of para-hydroxylation sites is 3. The Bertz CT molecular complexity index is 1670. The van der Waals surface area contributed by atoms with E-state index in [9.17, 15) is 0 Å². The standard InChI is InChI=1S/C34H23NO/c1-3-12-25(13-4-1)35(26-14-5-2-6-15-26)27-16-9-11-24(23-27)28-21-22-33-34-30(28)18-10-19-31(34)29-17-7-8-20-32(29)36-33/h1-23H. The molecule has 6 aromatic rings. The smallest absolute Gasteiger partial charge is 0.135 e. The van der Waals surface area contributed by atoms with Gasteiger partial charge in [-0.2, -0.15) is 0 Å². The lowest BCUT2D eigenvalue weighted by Gasteiger charge is -2.26. The predicted molar refractivity (Wildman–Crippen MR) is 150 cm³/mol. The highest BCUT2D eigenvalue weighted by atomic mass is 16.5. The third-order valence-corrected chi connectivity index (χ3v) is 6.84. The molecule has 0 amide bonds. The normalized spacial score (nSPS) is 11.6. The molecule has 0 aliphatic carbocycles. The van der Waals surface area contributed by atoms with Gasteiger partial charge in [-0.15, -0.1) is 0 Å². The van der Waals surface area contributed by atoms with Crippen molar-refractivity contribution in [1.82, 2.24) is 0 Å². The van der Waals surface area contributed by atoms with Crippen molar-refractivity contribution in [1.29, 1.82) is 0 Å². The third kappa shape index (κ3) is 3.35. The second-order valence-corrected chi connectivity index (χ2v) is 8.99. The van der Waals surface area contributed by atoms with Crippen LogP contribution in [0.15, 0.2) is 140 Å². The fraction of sp³-hybridized carbons (Fsp3) is 0. The molecular weight excluding hydrogens is 438 g/mol. The van der Waals surface area contributed by atoms with E-state index >= 15 is 0 Å². The first-order chi connectivity index (χ1) is 17.9. The molecule has 0 aromatic heterocycles. The van der Waals surface area contributed by atoms with Crippen LogP contribution in [-0.4, -0.2) is 0 Å². The molecule has 0 radical (unpaired) electrons. The van der Waals surface area contributed by atoms with Crippen LogP contribution in [0.4, 0.5) is 17.1 Å². The Kier molecular flexibility index (Phi) is 4.82. The van der Waals surface area contributed by atoms with Crippen LogP contribution in [0.3, 0.4) is 0 Å². The first-order valence-electron chi connectivity index (χ1n) is 12.2. The Morgan fingerprint density at radius 3 is 1.83 bits per heavy atom. The number of hydrogen-bond donors (Lipinski definition) is 0. The summed E-state index contributed by atoms with van der Waals surface area (Å²) in [6.07, 6.45) is 0. The maximum atomic E-state index is 6.31. The van der Waals surface area contributed by atoms with Crippen molar-refractivity contribution in [3.05, 3.63) is 140 Å². The summed E-state index contributed by atoms with van der Waals surface area (Å²) in [6.45, 7) is 0. The molecular formula is C34H23NO. The Morgan fingerprint density at radius 2 is 1.06 bits per heavy atom. The Hall–Kier alpha value is -4.82. The van der Waals surface area contributed by atoms with Crippen LogP contribution in [-0.2, 0) is 0 Å². The van der Waals surface area contributed by atoms with Gasteiger partial charge in [0.1, 0.15) is 11.5 Å². The first kappa shape index (κ1) is 20.5. The molecule has 0 unspecified atom stereocenters. The lowest BCUT2D eigenvalue weighted by atomic mass is 9.90. The molecule has 1 heterocycles. The van der Waals surface area contributed by atoms with Gasteiger partial charge in [-0.1, -0.05) is 91.0 Å². The first-order valence-corrected chi connectivity index (χ1v) is 12.2. The van der Waals surface area contributed by atoms with E-state index in [2.05, 4.69) is 132 Å². The second kappa shape index (κ2) is 8.44. The van der Waals surface area contributed by atoms with Crippen LogP contribution in [0, 0.1) is 0 Å². The summed E-state index contributed by atoms with van der Waals surface area (Å²) in [7, 11) is 0. The van der Waals surface area contributed by atoms with Gasteiger partial charge in [0.15, 0.2) is 0 Å². The van der Waals surface area contributed by atoms with E-state index in [1.54, 1.807) is 0 Å². The highest BCUT2D eigenvalue weighted by Crippen LogP contribution is 2.48. The SMILES string of the molecule is c1ccc(N(c2ccccc2)c2cccc(-c3ccc4c5c(cccc35)-c3ccccc3O4)c2)cc1. The van der Waals surface area contributed by atoms with E-state index in [0.717, 1.165) is 34.1 Å². The molecule has 170 valence electrons. The van der Waals surface area contributed by atoms with Gasteiger partial charge in [0.2, 0.25) is 0 Å². The molecule has 7 rings (SSSR count). The lowest BCUT2D eigenvalue weighted by Crippen LogP contribution is -2.09. The van der Waals surface area contributed by atoms with Gasteiger partial charge in [0.25, 0.3) is 0 Å². The number of nitrogens with zero attached hydrogens (tertiary/aromatic N) is 1. The van der Waals surface area contributed by atoms with Crippen LogP contribution in [0.25, 0.3) is 33.0 Å². The van der Waals surface area contributed by atoms with Crippen molar-refractivity contribution in [2.75, 3.05) is 4.90 Å². The Labute approximate surface area is 210 Å². The topological polar surface area (TPSA) is 12.5 Å². The predicted octanol–water partition coefficient (Wildman–Crippen LogP) is 9.75. The van der Waals surface area contributed by atoms with Gasteiger partial charge in [-0.25, -0.2) is 0 Å². The van der Waals surface area contributed by atoms with Gasteiger partial charge in [0.05, 0.1) is 0 Å². The summed E-state index contributed by atoms with van der Waals surface area (Å²) in [5.74, 6) is 1.82. The van der Waals surface area contributed by atoms with Crippen molar-refractivity contribution in [3.8, 4) is 33.8 Å². The molecule has 2 heteroatoms. The minimum absolute atomic E-state index is 0.911. The minimum atomic E-state index is 0.911. The highest BCUT2D eigenvalue weighted by Gasteiger charge is 2.21. The van der Waals surface area contributed by atoms with E-state index in [1.165, 1.54) is 27.5 Å². The zero-order valence-corrected chi connectivity index (χ0v) is 19.6. The largest absolute Gasteiger partial charge is 0.456 e. The summed E-state index contributed by atoms with van der Waals surface area (Å²) >= 11 is 0. The number of benzene rings is 6. The minimum Gasteiger partial charge on any atom is -0.456 e. The van der Waals surface area contributed by atoms with Crippen LogP contribution >= 0.6 is 0 Å². The zero-order valence-electron chi connectivity index (χ0n) is 19.6. The molecule has 0 saturated heterocycles. The summed E-state index contributed by atoms with van der Waals surface area (Å²) in [4.78, 5) is 2.30. The maximum absolute atomic E-state index is 6.31. The van der Waals surface area contributed by atoms with E-state index in [-0.39, 0.29) is 0 Å². The fourth-order valence-corrected chi connectivity index (χ4v) is 5.25. The van der Waals surface area contributed by atoms with E-state index in [1.807, 2.05) is 12.1 Å². The number of ether oxygens (including phenoxy) is 1. The second-order valence-electron chi connectivity index (χ2n) is 8.99. The number of rotatable bonds is 4. The molecule has 0 saturated carbocycles. The zero-order chi connectivity index (χ0) is 23.9. The summed E-state index contributed by atoms with van der Waals surface area (Å²) in [5.41, 5.74) is 8.10. The maximum Gasteiger partial charge on any atom is 0.135 e. The Morgan fingerprint density at radius 1 is 0.417 bits per heavy atom. The molecule has 0 spiro atoms. The number of hydrogen-bond acceptors (Lipinski definition) is 2. The molecule has 0 atom stereocenters. The third-order valence-electron chi connectivity index (χ3n) is 6.84.